The summed E-state index contributed by atoms with van der Waals surface area (Å²) in [6, 6.07) is 9.86. The summed E-state index contributed by atoms with van der Waals surface area (Å²) in [5, 5.41) is 4.24. The number of nitrogens with one attached hydrogen (secondary N) is 2. The molecule has 0 atom stereocenters. The Hall–Kier alpha value is -2.76. The van der Waals surface area contributed by atoms with Crippen LogP contribution in [0.3, 0.4) is 0 Å². The van der Waals surface area contributed by atoms with E-state index in [1.807, 2.05) is 12.2 Å². The molecule has 2 N–H and O–H groups in total. The van der Waals surface area contributed by atoms with Crippen LogP contribution in [0.25, 0.3) is 0 Å². The van der Waals surface area contributed by atoms with Crippen molar-refractivity contribution >= 4 is 23.2 Å². The number of para-hydroxylation sites is 1. The third-order valence-corrected chi connectivity index (χ3v) is 2.72. The Kier molecular flexibility index (Phi) is 4.27. The maximum Gasteiger partial charge on any atom is 0.314 e. The van der Waals surface area contributed by atoms with Crippen molar-refractivity contribution in [1.29, 1.82) is 0 Å². The zero-order valence-corrected chi connectivity index (χ0v) is 11.1. The summed E-state index contributed by atoms with van der Waals surface area (Å²) in [5.74, 6) is -4.07. The first-order valence-corrected chi connectivity index (χ1v) is 6.10. The monoisotopic (exact) mass is 290 g/mol. The van der Waals surface area contributed by atoms with Gasteiger partial charge in [-0.25, -0.2) is 8.78 Å². The molecule has 0 aliphatic rings. The summed E-state index contributed by atoms with van der Waals surface area (Å²) in [7, 11) is 0. The molecule has 0 radical (unpaired) electrons. The van der Waals surface area contributed by atoms with E-state index in [0.717, 1.165) is 23.8 Å². The van der Waals surface area contributed by atoms with E-state index in [4.69, 9.17) is 0 Å². The molecule has 0 saturated carbocycles. The number of rotatable bonds is 2. The molecule has 0 heterocycles. The van der Waals surface area contributed by atoms with Crippen molar-refractivity contribution < 1.29 is 18.4 Å². The van der Waals surface area contributed by atoms with Gasteiger partial charge in [-0.15, -0.1) is 0 Å². The Morgan fingerprint density at radius 3 is 1.95 bits per heavy atom. The molecule has 21 heavy (non-hydrogen) atoms. The number of carbonyl (C=O) groups is 2. The SMILES string of the molecule is Cc1ccc(NC(=O)C(=O)Nc2c(F)cccc2F)cc1. The fourth-order valence-electron chi connectivity index (χ4n) is 1.61. The van der Waals surface area contributed by atoms with Crippen molar-refractivity contribution in [2.45, 2.75) is 6.92 Å². The Morgan fingerprint density at radius 2 is 1.38 bits per heavy atom. The Bertz CT molecular complexity index is 664. The molecular weight excluding hydrogens is 278 g/mol. The minimum Gasteiger partial charge on any atom is -0.318 e. The predicted molar refractivity (Wildman–Crippen MR) is 74.8 cm³/mol. The quantitative estimate of drug-likeness (QED) is 0.836. The van der Waals surface area contributed by atoms with Crippen molar-refractivity contribution in [1.82, 2.24) is 0 Å². The molecule has 0 aliphatic carbocycles. The molecule has 2 rings (SSSR count). The minimum absolute atomic E-state index is 0.412. The first kappa shape index (κ1) is 14.6. The first-order chi connectivity index (χ1) is 9.97. The van der Waals surface area contributed by atoms with Gasteiger partial charge in [0, 0.05) is 5.69 Å². The van der Waals surface area contributed by atoms with Crippen LogP contribution in [-0.4, -0.2) is 11.8 Å². The second-order valence-electron chi connectivity index (χ2n) is 4.37. The Balaban J connectivity index is 2.06. The Labute approximate surface area is 119 Å². The molecule has 108 valence electrons. The summed E-state index contributed by atoms with van der Waals surface area (Å²) in [5.41, 5.74) is 0.752. The van der Waals surface area contributed by atoms with Crippen molar-refractivity contribution in [2.24, 2.45) is 0 Å². The molecular formula is C15H12F2N2O2. The van der Waals surface area contributed by atoms with Gasteiger partial charge in [-0.05, 0) is 31.2 Å². The average molecular weight is 290 g/mol. The van der Waals surface area contributed by atoms with Crippen LogP contribution in [0.5, 0.6) is 0 Å². The standard InChI is InChI=1S/C15H12F2N2O2/c1-9-5-7-10(8-6-9)18-14(20)15(21)19-13-11(16)3-2-4-12(13)17/h2-8H,1H3,(H,18,20)(H,19,21). The molecule has 4 nitrogen and oxygen atoms in total. The maximum absolute atomic E-state index is 13.4. The van der Waals surface area contributed by atoms with Gasteiger partial charge in [-0.3, -0.25) is 9.59 Å². The van der Waals surface area contributed by atoms with Gasteiger partial charge >= 0.3 is 11.8 Å². The van der Waals surface area contributed by atoms with Crippen molar-refractivity contribution in [3.63, 3.8) is 0 Å². The minimum atomic E-state index is -1.15. The molecule has 0 aliphatic heterocycles. The highest BCUT2D eigenvalue weighted by atomic mass is 19.1. The highest BCUT2D eigenvalue weighted by molar-refractivity contribution is 6.43. The van der Waals surface area contributed by atoms with E-state index in [2.05, 4.69) is 5.32 Å². The second kappa shape index (κ2) is 6.13. The molecule has 2 aromatic carbocycles. The Morgan fingerprint density at radius 1 is 0.857 bits per heavy atom. The lowest BCUT2D eigenvalue weighted by Crippen LogP contribution is -2.29. The third kappa shape index (κ3) is 3.62. The van der Waals surface area contributed by atoms with Gasteiger partial charge < -0.3 is 10.6 Å². The van der Waals surface area contributed by atoms with Gasteiger partial charge in [0.25, 0.3) is 0 Å². The van der Waals surface area contributed by atoms with Crippen LogP contribution in [0.4, 0.5) is 20.2 Å². The lowest BCUT2D eigenvalue weighted by molar-refractivity contribution is -0.133. The van der Waals surface area contributed by atoms with Crippen LogP contribution < -0.4 is 10.6 Å². The van der Waals surface area contributed by atoms with E-state index >= 15 is 0 Å². The number of amides is 2. The number of halogens is 2. The summed E-state index contributed by atoms with van der Waals surface area (Å²) in [6.45, 7) is 1.87. The number of aryl methyl sites for hydroxylation is 1. The summed E-state index contributed by atoms with van der Waals surface area (Å²) in [6.07, 6.45) is 0. The average Bonchev–Trinajstić information content (AvgIpc) is 2.45. The number of hydrogen-bond acceptors (Lipinski definition) is 2. The molecule has 0 saturated heterocycles. The topological polar surface area (TPSA) is 58.2 Å². The largest absolute Gasteiger partial charge is 0.318 e. The van der Waals surface area contributed by atoms with Gasteiger partial charge in [-0.2, -0.15) is 0 Å². The highest BCUT2D eigenvalue weighted by Crippen LogP contribution is 2.18. The van der Waals surface area contributed by atoms with E-state index < -0.39 is 29.1 Å². The van der Waals surface area contributed by atoms with Gasteiger partial charge in [0.1, 0.15) is 17.3 Å². The van der Waals surface area contributed by atoms with Crippen LogP contribution in [0.1, 0.15) is 5.56 Å². The molecule has 2 aromatic rings. The van der Waals surface area contributed by atoms with Gasteiger partial charge in [0.15, 0.2) is 0 Å². The van der Waals surface area contributed by atoms with Crippen LogP contribution in [0, 0.1) is 18.6 Å². The molecule has 0 unspecified atom stereocenters. The smallest absolute Gasteiger partial charge is 0.314 e. The summed E-state index contributed by atoms with van der Waals surface area (Å²) in [4.78, 5) is 23.3. The molecule has 2 amide bonds. The number of carbonyl (C=O) groups excluding carboxylic acids is 2. The maximum atomic E-state index is 13.4. The predicted octanol–water partition coefficient (Wildman–Crippen LogP) is 2.85. The molecule has 0 spiro atoms. The van der Waals surface area contributed by atoms with Crippen LogP contribution in [-0.2, 0) is 9.59 Å². The fourth-order valence-corrected chi connectivity index (χ4v) is 1.61. The van der Waals surface area contributed by atoms with Crippen molar-refractivity contribution in [2.75, 3.05) is 10.6 Å². The van der Waals surface area contributed by atoms with Crippen molar-refractivity contribution in [3.8, 4) is 0 Å². The van der Waals surface area contributed by atoms with Gasteiger partial charge in [-0.1, -0.05) is 23.8 Å². The summed E-state index contributed by atoms with van der Waals surface area (Å²) >= 11 is 0. The van der Waals surface area contributed by atoms with Crippen molar-refractivity contribution in [3.05, 3.63) is 59.7 Å². The third-order valence-electron chi connectivity index (χ3n) is 2.72. The van der Waals surface area contributed by atoms with Gasteiger partial charge in [0.05, 0.1) is 0 Å². The zero-order chi connectivity index (χ0) is 15.4. The summed E-state index contributed by atoms with van der Waals surface area (Å²) < 4.78 is 26.7. The fraction of sp³-hybridized carbons (Fsp3) is 0.0667. The zero-order valence-electron chi connectivity index (χ0n) is 11.1. The molecule has 0 aromatic heterocycles. The van der Waals surface area contributed by atoms with Crippen LogP contribution in [0.15, 0.2) is 42.5 Å². The highest BCUT2D eigenvalue weighted by Gasteiger charge is 2.18. The van der Waals surface area contributed by atoms with Crippen LogP contribution in [0.2, 0.25) is 0 Å². The number of anilines is 2. The normalized spacial score (nSPS) is 10.0. The first-order valence-electron chi connectivity index (χ1n) is 6.10. The number of benzene rings is 2. The van der Waals surface area contributed by atoms with E-state index in [9.17, 15) is 18.4 Å². The molecule has 6 heteroatoms. The molecule has 0 bridgehead atoms. The van der Waals surface area contributed by atoms with E-state index in [1.54, 1.807) is 24.3 Å². The lowest BCUT2D eigenvalue weighted by Gasteiger charge is -2.08. The van der Waals surface area contributed by atoms with E-state index in [-0.39, 0.29) is 0 Å². The van der Waals surface area contributed by atoms with E-state index in [0.29, 0.717) is 5.69 Å². The number of hydrogen-bond donors (Lipinski definition) is 2. The van der Waals surface area contributed by atoms with E-state index in [1.165, 1.54) is 0 Å². The van der Waals surface area contributed by atoms with Gasteiger partial charge in [0.2, 0.25) is 0 Å². The van der Waals surface area contributed by atoms with Crippen LogP contribution >= 0.6 is 0 Å². The second-order valence-corrected chi connectivity index (χ2v) is 4.37. The lowest BCUT2D eigenvalue weighted by atomic mass is 10.2. The molecule has 0 fully saturated rings.